The number of unbranched alkanes of at least 4 members (excludes halogenated alkanes) is 1. The fraction of sp³-hybridized carbons (Fsp3) is 0.692. The molecule has 0 fully saturated rings. The van der Waals surface area contributed by atoms with E-state index in [0.717, 1.165) is 25.0 Å². The first-order valence-electron chi connectivity index (χ1n) is 6.26. The van der Waals surface area contributed by atoms with Crippen LogP contribution in [0.3, 0.4) is 0 Å². The van der Waals surface area contributed by atoms with Crippen LogP contribution in [0.4, 0.5) is 6.01 Å². The highest BCUT2D eigenvalue weighted by Crippen LogP contribution is 2.24. The van der Waals surface area contributed by atoms with E-state index in [9.17, 15) is 4.79 Å². The van der Waals surface area contributed by atoms with Crippen LogP contribution in [0.15, 0.2) is 10.6 Å². The van der Waals surface area contributed by atoms with E-state index in [4.69, 9.17) is 4.42 Å². The molecule has 4 nitrogen and oxygen atoms in total. The molecule has 0 aliphatic carbocycles. The predicted octanol–water partition coefficient (Wildman–Crippen LogP) is 3.86. The van der Waals surface area contributed by atoms with Gasteiger partial charge in [-0.3, -0.25) is 10.1 Å². The van der Waals surface area contributed by atoms with Gasteiger partial charge in [-0.25, -0.2) is 4.98 Å². The maximum Gasteiger partial charge on any atom is 0.301 e. The Hall–Kier alpha value is -0.840. The van der Waals surface area contributed by atoms with Crippen LogP contribution in [0.1, 0.15) is 52.7 Å². The Balaban J connectivity index is 2.57. The molecule has 1 rings (SSSR count). The van der Waals surface area contributed by atoms with Gasteiger partial charge < -0.3 is 4.42 Å². The Morgan fingerprint density at radius 3 is 2.72 bits per heavy atom. The first-order valence-corrected chi connectivity index (χ1v) is 7.17. The fourth-order valence-electron chi connectivity index (χ4n) is 1.38. The highest BCUT2D eigenvalue weighted by molar-refractivity contribution is 9.10. The smallest absolute Gasteiger partial charge is 0.301 e. The molecule has 0 spiro atoms. The number of carbonyl (C=O) groups excluding carboxylic acids is 1. The van der Waals surface area contributed by atoms with Crippen molar-refractivity contribution in [2.75, 3.05) is 5.32 Å². The number of hydrogen-bond donors (Lipinski definition) is 1. The van der Waals surface area contributed by atoms with Gasteiger partial charge in [0, 0.05) is 5.41 Å². The molecule has 0 saturated heterocycles. The lowest BCUT2D eigenvalue weighted by molar-refractivity contribution is -0.115. The third-order valence-electron chi connectivity index (χ3n) is 2.57. The van der Waals surface area contributed by atoms with E-state index in [1.807, 2.05) is 20.8 Å². The predicted molar refractivity (Wildman–Crippen MR) is 76.1 cm³/mol. The van der Waals surface area contributed by atoms with Crippen LogP contribution in [0.2, 0.25) is 0 Å². The van der Waals surface area contributed by atoms with Crippen LogP contribution in [0.25, 0.3) is 0 Å². The van der Waals surface area contributed by atoms with Crippen molar-refractivity contribution >= 4 is 27.9 Å². The summed E-state index contributed by atoms with van der Waals surface area (Å²) in [5.41, 5.74) is -0.105. The largest absolute Gasteiger partial charge is 0.428 e. The Morgan fingerprint density at radius 1 is 1.56 bits per heavy atom. The number of anilines is 1. The lowest BCUT2D eigenvalue weighted by Crippen LogP contribution is -2.22. The highest BCUT2D eigenvalue weighted by Gasteiger charge is 2.21. The summed E-state index contributed by atoms with van der Waals surface area (Å²) in [7, 11) is 0. The van der Waals surface area contributed by atoms with Gasteiger partial charge in [0.2, 0.25) is 5.91 Å². The average Bonchev–Trinajstić information content (AvgIpc) is 2.73. The van der Waals surface area contributed by atoms with E-state index in [0.29, 0.717) is 0 Å². The first kappa shape index (κ1) is 15.2. The third kappa shape index (κ3) is 4.44. The van der Waals surface area contributed by atoms with Gasteiger partial charge in [0.05, 0.1) is 11.0 Å². The quantitative estimate of drug-likeness (QED) is 0.839. The molecule has 1 atom stereocenters. The summed E-state index contributed by atoms with van der Waals surface area (Å²) >= 11 is 3.37. The number of aromatic nitrogens is 1. The number of oxazole rings is 1. The van der Waals surface area contributed by atoms with E-state index in [2.05, 4.69) is 33.2 Å². The Kier molecular flexibility index (Phi) is 5.38. The SMILES string of the molecule is CCCC[C@H](Br)C(=O)Nc1ncc(C(C)(C)C)o1. The molecule has 0 aliphatic rings. The number of amides is 1. The summed E-state index contributed by atoms with van der Waals surface area (Å²) in [4.78, 5) is 15.7. The molecule has 1 aromatic heterocycles. The van der Waals surface area contributed by atoms with Gasteiger partial charge in [0.1, 0.15) is 5.76 Å². The van der Waals surface area contributed by atoms with Crippen LogP contribution in [-0.4, -0.2) is 15.7 Å². The van der Waals surface area contributed by atoms with Crippen LogP contribution in [0, 0.1) is 0 Å². The lowest BCUT2D eigenvalue weighted by Gasteiger charge is -2.13. The number of alkyl halides is 1. The summed E-state index contributed by atoms with van der Waals surface area (Å²) in [6.45, 7) is 8.20. The van der Waals surface area contributed by atoms with Crippen LogP contribution in [0.5, 0.6) is 0 Å². The van der Waals surface area contributed by atoms with Crippen molar-refractivity contribution in [3.05, 3.63) is 12.0 Å². The van der Waals surface area contributed by atoms with E-state index in [1.54, 1.807) is 6.20 Å². The van der Waals surface area contributed by atoms with Crippen molar-refractivity contribution < 1.29 is 9.21 Å². The molecule has 0 aromatic carbocycles. The molecule has 1 heterocycles. The summed E-state index contributed by atoms with van der Waals surface area (Å²) < 4.78 is 5.51. The molecule has 0 bridgehead atoms. The molecular weight excluding hydrogens is 296 g/mol. The standard InChI is InChI=1S/C13H21BrN2O2/c1-5-6-7-9(14)11(17)16-12-15-8-10(18-12)13(2,3)4/h8-9H,5-7H2,1-4H3,(H,15,16,17)/t9-/m0/s1. The Labute approximate surface area is 117 Å². The normalized spacial score (nSPS) is 13.4. The van der Waals surface area contributed by atoms with E-state index >= 15 is 0 Å². The van der Waals surface area contributed by atoms with Gasteiger partial charge in [0.25, 0.3) is 0 Å². The zero-order valence-electron chi connectivity index (χ0n) is 11.4. The summed E-state index contributed by atoms with van der Waals surface area (Å²) in [5, 5.41) is 2.68. The minimum atomic E-state index is -0.192. The van der Waals surface area contributed by atoms with Crippen LogP contribution < -0.4 is 5.32 Å². The van der Waals surface area contributed by atoms with E-state index < -0.39 is 0 Å². The second-order valence-electron chi connectivity index (χ2n) is 5.38. The maximum atomic E-state index is 11.8. The minimum Gasteiger partial charge on any atom is -0.428 e. The minimum absolute atomic E-state index is 0.105. The van der Waals surface area contributed by atoms with Gasteiger partial charge in [0.15, 0.2) is 0 Å². The lowest BCUT2D eigenvalue weighted by atomic mass is 9.94. The maximum absolute atomic E-state index is 11.8. The molecule has 1 aromatic rings. The molecule has 0 unspecified atom stereocenters. The molecule has 1 amide bonds. The monoisotopic (exact) mass is 316 g/mol. The molecule has 1 N–H and O–H groups in total. The number of hydrogen-bond acceptors (Lipinski definition) is 3. The zero-order chi connectivity index (χ0) is 13.8. The second-order valence-corrected chi connectivity index (χ2v) is 6.48. The average molecular weight is 317 g/mol. The van der Waals surface area contributed by atoms with Crippen molar-refractivity contribution in [3.8, 4) is 0 Å². The number of nitrogens with zero attached hydrogens (tertiary/aromatic N) is 1. The van der Waals surface area contributed by atoms with Gasteiger partial charge in [-0.2, -0.15) is 0 Å². The van der Waals surface area contributed by atoms with Crippen LogP contribution in [-0.2, 0) is 10.2 Å². The highest BCUT2D eigenvalue weighted by atomic mass is 79.9. The molecule has 5 heteroatoms. The fourth-order valence-corrected chi connectivity index (χ4v) is 1.81. The molecule has 0 saturated carbocycles. The van der Waals surface area contributed by atoms with Gasteiger partial charge in [-0.05, 0) is 6.42 Å². The molecular formula is C13H21BrN2O2. The molecule has 0 aliphatic heterocycles. The van der Waals surface area contributed by atoms with Crippen molar-refractivity contribution in [1.29, 1.82) is 0 Å². The van der Waals surface area contributed by atoms with Crippen molar-refractivity contribution in [2.45, 2.75) is 57.2 Å². The number of halogens is 1. The first-order chi connectivity index (χ1) is 8.34. The topological polar surface area (TPSA) is 55.1 Å². The zero-order valence-corrected chi connectivity index (χ0v) is 13.0. The second kappa shape index (κ2) is 6.36. The van der Waals surface area contributed by atoms with Crippen molar-refractivity contribution in [1.82, 2.24) is 4.98 Å². The Bertz CT molecular complexity index is 396. The number of carbonyl (C=O) groups is 1. The molecule has 102 valence electrons. The Morgan fingerprint density at radius 2 is 2.22 bits per heavy atom. The van der Waals surface area contributed by atoms with Crippen LogP contribution >= 0.6 is 15.9 Å². The third-order valence-corrected chi connectivity index (χ3v) is 3.44. The van der Waals surface area contributed by atoms with E-state index in [-0.39, 0.29) is 22.2 Å². The van der Waals surface area contributed by atoms with Crippen molar-refractivity contribution in [2.24, 2.45) is 0 Å². The molecule has 0 radical (unpaired) electrons. The summed E-state index contributed by atoms with van der Waals surface area (Å²) in [6, 6.07) is 0.269. The van der Waals surface area contributed by atoms with Gasteiger partial charge in [-0.15, -0.1) is 0 Å². The summed E-state index contributed by atoms with van der Waals surface area (Å²) in [5.74, 6) is 0.656. The summed E-state index contributed by atoms with van der Waals surface area (Å²) in [6.07, 6.45) is 4.56. The number of nitrogens with one attached hydrogen (secondary N) is 1. The van der Waals surface area contributed by atoms with Gasteiger partial charge >= 0.3 is 6.01 Å². The van der Waals surface area contributed by atoms with Gasteiger partial charge in [-0.1, -0.05) is 56.5 Å². The van der Waals surface area contributed by atoms with E-state index in [1.165, 1.54) is 0 Å². The van der Waals surface area contributed by atoms with Crippen molar-refractivity contribution in [3.63, 3.8) is 0 Å². The molecule has 18 heavy (non-hydrogen) atoms. The number of rotatable bonds is 5.